The lowest BCUT2D eigenvalue weighted by molar-refractivity contribution is -0.115. The fourth-order valence-corrected chi connectivity index (χ4v) is 1.78. The van der Waals surface area contributed by atoms with Crippen molar-refractivity contribution in [1.29, 1.82) is 0 Å². The number of aromatic carboxylic acids is 1. The molecule has 5 nitrogen and oxygen atoms in total. The van der Waals surface area contributed by atoms with Crippen molar-refractivity contribution >= 4 is 17.6 Å². The van der Waals surface area contributed by atoms with E-state index < -0.39 is 17.7 Å². The van der Waals surface area contributed by atoms with Crippen molar-refractivity contribution in [3.8, 4) is 5.75 Å². The Morgan fingerprint density at radius 2 is 1.86 bits per heavy atom. The summed E-state index contributed by atoms with van der Waals surface area (Å²) in [6, 6.07) is 9.54. The van der Waals surface area contributed by atoms with Crippen LogP contribution in [0, 0.1) is 5.82 Å². The van der Waals surface area contributed by atoms with Gasteiger partial charge in [0.25, 0.3) is 0 Å². The molecule has 0 radical (unpaired) electrons. The average Bonchev–Trinajstić information content (AvgIpc) is 2.43. The van der Waals surface area contributed by atoms with Crippen molar-refractivity contribution in [2.45, 2.75) is 6.42 Å². The summed E-state index contributed by atoms with van der Waals surface area (Å²) in [5.41, 5.74) is 0.101. The van der Waals surface area contributed by atoms with Crippen LogP contribution >= 0.6 is 0 Å². The lowest BCUT2D eigenvalue weighted by atomic mass is 10.1. The molecular formula is C15H12FNO4. The lowest BCUT2D eigenvalue weighted by Gasteiger charge is -2.08. The Bertz CT molecular complexity index is 700. The second kappa shape index (κ2) is 6.04. The number of para-hydroxylation sites is 1. The number of nitrogens with one attached hydrogen (secondary N) is 1. The Labute approximate surface area is 119 Å². The molecule has 0 aliphatic rings. The fourth-order valence-electron chi connectivity index (χ4n) is 1.78. The average molecular weight is 289 g/mol. The fraction of sp³-hybridized carbons (Fsp3) is 0.0667. The Balaban J connectivity index is 2.10. The maximum absolute atomic E-state index is 13.7. The van der Waals surface area contributed by atoms with Crippen LogP contribution in [0.3, 0.4) is 0 Å². The molecule has 0 unspecified atom stereocenters. The standard InChI is InChI=1S/C15H12FNO4/c16-11-7-10(15(20)21)5-6-12(11)17-14(19)8-9-3-1-2-4-13(9)18/h1-7,18H,8H2,(H,17,19)(H,20,21). The molecule has 0 atom stereocenters. The number of phenols is 1. The van der Waals surface area contributed by atoms with Crippen LogP contribution < -0.4 is 5.32 Å². The van der Waals surface area contributed by atoms with Crippen molar-refractivity contribution < 1.29 is 24.2 Å². The maximum Gasteiger partial charge on any atom is 0.335 e. The molecule has 0 saturated carbocycles. The summed E-state index contributed by atoms with van der Waals surface area (Å²) in [7, 11) is 0. The number of anilines is 1. The zero-order valence-corrected chi connectivity index (χ0v) is 10.8. The zero-order chi connectivity index (χ0) is 15.4. The Kier molecular flexibility index (Phi) is 4.18. The van der Waals surface area contributed by atoms with E-state index in [9.17, 15) is 19.1 Å². The topological polar surface area (TPSA) is 86.6 Å². The predicted molar refractivity (Wildman–Crippen MR) is 73.8 cm³/mol. The minimum absolute atomic E-state index is 0.0191. The van der Waals surface area contributed by atoms with E-state index in [1.165, 1.54) is 18.2 Å². The SMILES string of the molecule is O=C(Cc1ccccc1O)Nc1ccc(C(=O)O)cc1F. The van der Waals surface area contributed by atoms with Crippen LogP contribution in [0.2, 0.25) is 0 Å². The Morgan fingerprint density at radius 3 is 2.48 bits per heavy atom. The van der Waals surface area contributed by atoms with Gasteiger partial charge in [-0.25, -0.2) is 9.18 Å². The third-order valence-electron chi connectivity index (χ3n) is 2.83. The summed E-state index contributed by atoms with van der Waals surface area (Å²) in [5.74, 6) is -2.62. The number of carboxylic acids is 1. The molecule has 3 N–H and O–H groups in total. The highest BCUT2D eigenvalue weighted by atomic mass is 19.1. The molecule has 6 heteroatoms. The molecule has 1 amide bonds. The summed E-state index contributed by atoms with van der Waals surface area (Å²) in [6.07, 6.45) is -0.118. The number of rotatable bonds is 4. The first-order valence-corrected chi connectivity index (χ1v) is 6.07. The molecule has 0 heterocycles. The minimum atomic E-state index is -1.25. The number of phenolic OH excluding ortho intramolecular Hbond substituents is 1. The summed E-state index contributed by atoms with van der Waals surface area (Å²) in [4.78, 5) is 22.5. The number of hydrogen-bond acceptors (Lipinski definition) is 3. The van der Waals surface area contributed by atoms with E-state index in [4.69, 9.17) is 5.11 Å². The quantitative estimate of drug-likeness (QED) is 0.806. The number of carbonyl (C=O) groups is 2. The van der Waals surface area contributed by atoms with Crippen molar-refractivity contribution in [3.05, 3.63) is 59.4 Å². The van der Waals surface area contributed by atoms with E-state index in [0.29, 0.717) is 5.56 Å². The van der Waals surface area contributed by atoms with Crippen LogP contribution in [0.25, 0.3) is 0 Å². The van der Waals surface area contributed by atoms with Crippen molar-refractivity contribution in [1.82, 2.24) is 0 Å². The molecule has 0 bridgehead atoms. The molecule has 0 spiro atoms. The highest BCUT2D eigenvalue weighted by molar-refractivity contribution is 5.94. The largest absolute Gasteiger partial charge is 0.508 e. The van der Waals surface area contributed by atoms with Gasteiger partial charge in [0.2, 0.25) is 5.91 Å². The molecule has 0 aliphatic heterocycles. The number of carbonyl (C=O) groups excluding carboxylic acids is 1. The van der Waals surface area contributed by atoms with Crippen LogP contribution in [0.15, 0.2) is 42.5 Å². The Morgan fingerprint density at radius 1 is 1.14 bits per heavy atom. The van der Waals surface area contributed by atoms with E-state index in [1.54, 1.807) is 18.2 Å². The van der Waals surface area contributed by atoms with Crippen molar-refractivity contribution in [3.63, 3.8) is 0 Å². The minimum Gasteiger partial charge on any atom is -0.508 e. The normalized spacial score (nSPS) is 10.1. The third kappa shape index (κ3) is 3.56. The van der Waals surface area contributed by atoms with Gasteiger partial charge in [-0.1, -0.05) is 18.2 Å². The van der Waals surface area contributed by atoms with E-state index in [-0.39, 0.29) is 23.4 Å². The summed E-state index contributed by atoms with van der Waals surface area (Å²) < 4.78 is 13.7. The van der Waals surface area contributed by atoms with E-state index in [0.717, 1.165) is 6.07 Å². The molecule has 21 heavy (non-hydrogen) atoms. The number of amides is 1. The molecule has 2 aromatic rings. The van der Waals surface area contributed by atoms with Gasteiger partial charge < -0.3 is 15.5 Å². The summed E-state index contributed by atoms with van der Waals surface area (Å²) in [6.45, 7) is 0. The maximum atomic E-state index is 13.7. The van der Waals surface area contributed by atoms with Gasteiger partial charge in [0.15, 0.2) is 0 Å². The molecule has 0 saturated heterocycles. The Hall–Kier alpha value is -2.89. The number of carboxylic acid groups (broad SMARTS) is 1. The van der Waals surface area contributed by atoms with E-state index in [2.05, 4.69) is 5.32 Å². The van der Waals surface area contributed by atoms with Gasteiger partial charge >= 0.3 is 5.97 Å². The molecular weight excluding hydrogens is 277 g/mol. The second-order valence-corrected chi connectivity index (χ2v) is 4.35. The third-order valence-corrected chi connectivity index (χ3v) is 2.83. The molecule has 2 rings (SSSR count). The smallest absolute Gasteiger partial charge is 0.335 e. The van der Waals surface area contributed by atoms with Crippen molar-refractivity contribution in [2.75, 3.05) is 5.32 Å². The van der Waals surface area contributed by atoms with E-state index in [1.807, 2.05) is 0 Å². The summed E-state index contributed by atoms with van der Waals surface area (Å²) in [5, 5.41) is 20.6. The highest BCUT2D eigenvalue weighted by Gasteiger charge is 2.12. The molecule has 0 fully saturated rings. The molecule has 2 aromatic carbocycles. The summed E-state index contributed by atoms with van der Waals surface area (Å²) >= 11 is 0. The van der Waals surface area contributed by atoms with Crippen LogP contribution in [0.4, 0.5) is 10.1 Å². The van der Waals surface area contributed by atoms with Crippen LogP contribution in [-0.4, -0.2) is 22.1 Å². The second-order valence-electron chi connectivity index (χ2n) is 4.35. The van der Waals surface area contributed by atoms with Gasteiger partial charge in [0, 0.05) is 5.56 Å². The molecule has 108 valence electrons. The molecule has 0 aliphatic carbocycles. The first-order chi connectivity index (χ1) is 9.97. The van der Waals surface area contributed by atoms with Crippen LogP contribution in [-0.2, 0) is 11.2 Å². The highest BCUT2D eigenvalue weighted by Crippen LogP contribution is 2.19. The van der Waals surface area contributed by atoms with Crippen LogP contribution in [0.1, 0.15) is 15.9 Å². The van der Waals surface area contributed by atoms with Gasteiger partial charge in [-0.3, -0.25) is 4.79 Å². The first kappa shape index (κ1) is 14.5. The van der Waals surface area contributed by atoms with Gasteiger partial charge in [-0.2, -0.15) is 0 Å². The van der Waals surface area contributed by atoms with Gasteiger partial charge in [0.1, 0.15) is 11.6 Å². The van der Waals surface area contributed by atoms with Gasteiger partial charge in [-0.05, 0) is 24.3 Å². The zero-order valence-electron chi connectivity index (χ0n) is 10.8. The number of aromatic hydroxyl groups is 1. The molecule has 0 aromatic heterocycles. The predicted octanol–water partition coefficient (Wildman–Crippen LogP) is 2.41. The number of halogens is 1. The number of benzene rings is 2. The first-order valence-electron chi connectivity index (χ1n) is 6.07. The monoisotopic (exact) mass is 289 g/mol. The van der Waals surface area contributed by atoms with E-state index >= 15 is 0 Å². The van der Waals surface area contributed by atoms with Crippen molar-refractivity contribution in [2.24, 2.45) is 0 Å². The lowest BCUT2D eigenvalue weighted by Crippen LogP contribution is -2.15. The van der Waals surface area contributed by atoms with Gasteiger partial charge in [-0.15, -0.1) is 0 Å². The number of hydrogen-bond donors (Lipinski definition) is 3. The van der Waals surface area contributed by atoms with Gasteiger partial charge in [0.05, 0.1) is 17.7 Å². The van der Waals surface area contributed by atoms with Crippen LogP contribution in [0.5, 0.6) is 5.75 Å².